The van der Waals surface area contributed by atoms with Crippen molar-refractivity contribution < 1.29 is 14.3 Å². The fraction of sp³-hybridized carbons (Fsp3) is 0.933. The highest BCUT2D eigenvalue weighted by Crippen LogP contribution is 2.38. The van der Waals surface area contributed by atoms with Gasteiger partial charge in [-0.15, -0.1) is 0 Å². The molecule has 0 aromatic carbocycles. The Bertz CT molecular complexity index is 337. The second-order valence-corrected chi connectivity index (χ2v) is 7.02. The van der Waals surface area contributed by atoms with E-state index < -0.39 is 5.60 Å². The SMILES string of the molecule is CC(CNC(=O)OC(C)(C)C)NC1CCOC1C1CC1. The molecule has 2 N–H and O–H groups in total. The van der Waals surface area contributed by atoms with Crippen molar-refractivity contribution in [3.05, 3.63) is 0 Å². The van der Waals surface area contributed by atoms with E-state index in [1.807, 2.05) is 20.8 Å². The summed E-state index contributed by atoms with van der Waals surface area (Å²) in [6.07, 6.45) is 3.69. The minimum absolute atomic E-state index is 0.218. The van der Waals surface area contributed by atoms with Gasteiger partial charge in [-0.2, -0.15) is 0 Å². The van der Waals surface area contributed by atoms with E-state index in [2.05, 4.69) is 17.6 Å². The van der Waals surface area contributed by atoms with Gasteiger partial charge in [-0.1, -0.05) is 0 Å². The van der Waals surface area contributed by atoms with Crippen LogP contribution < -0.4 is 10.6 Å². The lowest BCUT2D eigenvalue weighted by Crippen LogP contribution is -2.48. The summed E-state index contributed by atoms with van der Waals surface area (Å²) in [6, 6.07) is 0.647. The zero-order chi connectivity index (χ0) is 14.8. The molecule has 0 aromatic heterocycles. The molecule has 0 radical (unpaired) electrons. The Morgan fingerprint density at radius 2 is 2.05 bits per heavy atom. The summed E-state index contributed by atoms with van der Waals surface area (Å²) < 4.78 is 11.0. The minimum Gasteiger partial charge on any atom is -0.444 e. The average Bonchev–Trinajstić information content (AvgIpc) is 3.06. The standard InChI is InChI=1S/C15H28N2O3/c1-10(9-16-14(18)20-15(2,3)4)17-12-7-8-19-13(12)11-5-6-11/h10-13,17H,5-9H2,1-4H3,(H,16,18). The molecule has 5 nitrogen and oxygen atoms in total. The first-order valence-corrected chi connectivity index (χ1v) is 7.69. The van der Waals surface area contributed by atoms with Crippen LogP contribution >= 0.6 is 0 Å². The molecule has 0 spiro atoms. The highest BCUT2D eigenvalue weighted by Gasteiger charge is 2.40. The van der Waals surface area contributed by atoms with Gasteiger partial charge < -0.3 is 20.1 Å². The van der Waals surface area contributed by atoms with E-state index in [9.17, 15) is 4.79 Å². The van der Waals surface area contributed by atoms with Crippen molar-refractivity contribution in [2.24, 2.45) is 5.92 Å². The fourth-order valence-electron chi connectivity index (χ4n) is 2.65. The number of alkyl carbamates (subject to hydrolysis) is 1. The number of carbonyl (C=O) groups excluding carboxylic acids is 1. The molecule has 2 aliphatic rings. The van der Waals surface area contributed by atoms with Crippen molar-refractivity contribution in [3.8, 4) is 0 Å². The molecule has 2 fully saturated rings. The third kappa shape index (κ3) is 4.94. The van der Waals surface area contributed by atoms with Gasteiger partial charge in [-0.05, 0) is 52.9 Å². The summed E-state index contributed by atoms with van der Waals surface area (Å²) in [7, 11) is 0. The molecule has 1 amide bonds. The van der Waals surface area contributed by atoms with E-state index in [0.717, 1.165) is 18.9 Å². The number of hydrogen-bond donors (Lipinski definition) is 2. The monoisotopic (exact) mass is 284 g/mol. The van der Waals surface area contributed by atoms with E-state index in [0.29, 0.717) is 18.7 Å². The molecule has 1 saturated carbocycles. The van der Waals surface area contributed by atoms with Crippen LogP contribution in [0.2, 0.25) is 0 Å². The first-order chi connectivity index (χ1) is 9.35. The van der Waals surface area contributed by atoms with Crippen LogP contribution in [0.25, 0.3) is 0 Å². The Kier molecular flexibility index (Phi) is 4.91. The lowest BCUT2D eigenvalue weighted by Gasteiger charge is -2.25. The fourth-order valence-corrected chi connectivity index (χ4v) is 2.65. The molecular formula is C15H28N2O3. The molecule has 5 heteroatoms. The van der Waals surface area contributed by atoms with Crippen molar-refractivity contribution in [2.45, 2.75) is 70.7 Å². The summed E-state index contributed by atoms with van der Waals surface area (Å²) in [5.41, 5.74) is -0.447. The number of rotatable bonds is 5. The summed E-state index contributed by atoms with van der Waals surface area (Å²) in [6.45, 7) is 9.10. The molecule has 1 aliphatic carbocycles. The van der Waals surface area contributed by atoms with Crippen LogP contribution in [-0.2, 0) is 9.47 Å². The molecule has 3 atom stereocenters. The van der Waals surface area contributed by atoms with Gasteiger partial charge in [0, 0.05) is 25.2 Å². The zero-order valence-electron chi connectivity index (χ0n) is 13.1. The average molecular weight is 284 g/mol. The number of carbonyl (C=O) groups is 1. The molecule has 2 rings (SSSR count). The summed E-state index contributed by atoms with van der Waals surface area (Å²) in [5.74, 6) is 0.751. The van der Waals surface area contributed by atoms with E-state index >= 15 is 0 Å². The van der Waals surface area contributed by atoms with Crippen LogP contribution in [0.3, 0.4) is 0 Å². The van der Waals surface area contributed by atoms with Crippen molar-refractivity contribution in [1.29, 1.82) is 0 Å². The minimum atomic E-state index is -0.447. The van der Waals surface area contributed by atoms with Gasteiger partial charge >= 0.3 is 6.09 Å². The van der Waals surface area contributed by atoms with Gasteiger partial charge in [-0.25, -0.2) is 4.79 Å². The highest BCUT2D eigenvalue weighted by molar-refractivity contribution is 5.67. The quantitative estimate of drug-likeness (QED) is 0.811. The Hall–Kier alpha value is -0.810. The van der Waals surface area contributed by atoms with E-state index in [1.54, 1.807) is 0 Å². The second-order valence-electron chi connectivity index (χ2n) is 7.02. The number of amides is 1. The van der Waals surface area contributed by atoms with Crippen molar-refractivity contribution >= 4 is 6.09 Å². The second kappa shape index (κ2) is 6.31. The Balaban J connectivity index is 1.67. The molecule has 1 saturated heterocycles. The number of hydrogen-bond acceptors (Lipinski definition) is 4. The van der Waals surface area contributed by atoms with Gasteiger partial charge in [0.05, 0.1) is 6.10 Å². The molecule has 116 valence electrons. The molecule has 20 heavy (non-hydrogen) atoms. The normalized spacial score (nSPS) is 28.2. The lowest BCUT2D eigenvalue weighted by molar-refractivity contribution is 0.0519. The highest BCUT2D eigenvalue weighted by atomic mass is 16.6. The number of ether oxygens (including phenoxy) is 2. The smallest absolute Gasteiger partial charge is 0.407 e. The molecule has 1 aliphatic heterocycles. The Morgan fingerprint density at radius 3 is 2.65 bits per heavy atom. The predicted molar refractivity (Wildman–Crippen MR) is 77.7 cm³/mol. The molecule has 1 heterocycles. The Labute approximate surface area is 121 Å². The van der Waals surface area contributed by atoms with Crippen LogP contribution in [0, 0.1) is 5.92 Å². The Morgan fingerprint density at radius 1 is 1.35 bits per heavy atom. The molecule has 0 aromatic rings. The van der Waals surface area contributed by atoms with Gasteiger partial charge in [0.2, 0.25) is 0 Å². The maximum absolute atomic E-state index is 11.6. The van der Waals surface area contributed by atoms with Gasteiger partial charge in [0.1, 0.15) is 5.60 Å². The van der Waals surface area contributed by atoms with Gasteiger partial charge in [0.15, 0.2) is 0 Å². The van der Waals surface area contributed by atoms with E-state index in [-0.39, 0.29) is 12.1 Å². The number of nitrogens with one attached hydrogen (secondary N) is 2. The van der Waals surface area contributed by atoms with Crippen LogP contribution in [0.5, 0.6) is 0 Å². The summed E-state index contributed by atoms with van der Waals surface area (Å²) in [5, 5.41) is 6.38. The molecule has 3 unspecified atom stereocenters. The third-order valence-electron chi connectivity index (χ3n) is 3.67. The van der Waals surface area contributed by atoms with Gasteiger partial charge in [0.25, 0.3) is 0 Å². The van der Waals surface area contributed by atoms with Crippen molar-refractivity contribution in [1.82, 2.24) is 10.6 Å². The first kappa shape index (κ1) is 15.6. The maximum Gasteiger partial charge on any atom is 0.407 e. The van der Waals surface area contributed by atoms with Crippen LogP contribution in [0.1, 0.15) is 47.0 Å². The van der Waals surface area contributed by atoms with Crippen molar-refractivity contribution in [3.63, 3.8) is 0 Å². The van der Waals surface area contributed by atoms with Gasteiger partial charge in [-0.3, -0.25) is 0 Å². The van der Waals surface area contributed by atoms with Crippen LogP contribution in [0.15, 0.2) is 0 Å². The predicted octanol–water partition coefficient (Wildman–Crippen LogP) is 2.06. The van der Waals surface area contributed by atoms with Crippen molar-refractivity contribution in [2.75, 3.05) is 13.2 Å². The molecule has 0 bridgehead atoms. The summed E-state index contributed by atoms with van der Waals surface area (Å²) in [4.78, 5) is 11.6. The lowest BCUT2D eigenvalue weighted by atomic mass is 10.1. The summed E-state index contributed by atoms with van der Waals surface area (Å²) >= 11 is 0. The largest absolute Gasteiger partial charge is 0.444 e. The third-order valence-corrected chi connectivity index (χ3v) is 3.67. The van der Waals surface area contributed by atoms with Crippen LogP contribution in [-0.4, -0.2) is 43.0 Å². The molecular weight excluding hydrogens is 256 g/mol. The topological polar surface area (TPSA) is 59.6 Å². The first-order valence-electron chi connectivity index (χ1n) is 7.69. The van der Waals surface area contributed by atoms with Crippen LogP contribution in [0.4, 0.5) is 4.79 Å². The maximum atomic E-state index is 11.6. The van der Waals surface area contributed by atoms with E-state index in [1.165, 1.54) is 12.8 Å². The zero-order valence-corrected chi connectivity index (χ0v) is 13.1. The van der Waals surface area contributed by atoms with E-state index in [4.69, 9.17) is 9.47 Å².